The quantitative estimate of drug-likeness (QED) is 0.868. The summed E-state index contributed by atoms with van der Waals surface area (Å²) in [5.41, 5.74) is 10.1. The van der Waals surface area contributed by atoms with Crippen LogP contribution in [0.5, 0.6) is 0 Å². The summed E-state index contributed by atoms with van der Waals surface area (Å²) in [5, 5.41) is 0. The molecule has 1 fully saturated rings. The van der Waals surface area contributed by atoms with Crippen LogP contribution in [0.2, 0.25) is 0 Å². The molecular weight excluding hydrogens is 208 g/mol. The molecule has 0 unspecified atom stereocenters. The number of nitrogens with zero attached hydrogens (tertiary/aromatic N) is 1. The second-order valence-corrected chi connectivity index (χ2v) is 5.19. The molecule has 0 aromatic heterocycles. The van der Waals surface area contributed by atoms with Gasteiger partial charge in [-0.05, 0) is 56.5 Å². The maximum Gasteiger partial charge on any atom is 0.0470 e. The SMILES string of the molecule is Cc1ccc([C@@H](CN)N2CCCCC2)cc1C. The molecule has 2 heteroatoms. The van der Waals surface area contributed by atoms with Crippen LogP contribution < -0.4 is 5.73 Å². The lowest BCUT2D eigenvalue weighted by Gasteiger charge is -2.34. The van der Waals surface area contributed by atoms with Crippen molar-refractivity contribution in [2.45, 2.75) is 39.2 Å². The number of rotatable bonds is 3. The molecule has 1 aromatic rings. The van der Waals surface area contributed by atoms with Crippen molar-refractivity contribution in [3.05, 3.63) is 34.9 Å². The molecule has 0 spiro atoms. The predicted molar refractivity (Wildman–Crippen MR) is 73.1 cm³/mol. The van der Waals surface area contributed by atoms with Crippen LogP contribution in [0.1, 0.15) is 42.0 Å². The predicted octanol–water partition coefficient (Wildman–Crippen LogP) is 2.79. The van der Waals surface area contributed by atoms with Crippen molar-refractivity contribution in [3.63, 3.8) is 0 Å². The average Bonchev–Trinajstić information content (AvgIpc) is 2.36. The molecule has 0 amide bonds. The third-order valence-electron chi connectivity index (χ3n) is 3.97. The number of benzene rings is 1. The van der Waals surface area contributed by atoms with Gasteiger partial charge in [0, 0.05) is 12.6 Å². The lowest BCUT2D eigenvalue weighted by molar-refractivity contribution is 0.167. The molecular formula is C15H24N2. The Morgan fingerprint density at radius 3 is 2.41 bits per heavy atom. The molecule has 2 N–H and O–H groups in total. The van der Waals surface area contributed by atoms with Crippen LogP contribution in [0, 0.1) is 13.8 Å². The Labute approximate surface area is 105 Å². The number of hydrogen-bond donors (Lipinski definition) is 1. The van der Waals surface area contributed by atoms with E-state index in [1.54, 1.807) is 0 Å². The summed E-state index contributed by atoms with van der Waals surface area (Å²) in [6, 6.07) is 7.18. The maximum atomic E-state index is 5.98. The Hall–Kier alpha value is -0.860. The highest BCUT2D eigenvalue weighted by Gasteiger charge is 2.20. The summed E-state index contributed by atoms with van der Waals surface area (Å²) < 4.78 is 0. The van der Waals surface area contributed by atoms with Gasteiger partial charge in [0.25, 0.3) is 0 Å². The smallest absolute Gasteiger partial charge is 0.0470 e. The number of likely N-dealkylation sites (tertiary alicyclic amines) is 1. The van der Waals surface area contributed by atoms with E-state index < -0.39 is 0 Å². The average molecular weight is 232 g/mol. The molecule has 1 aliphatic heterocycles. The van der Waals surface area contributed by atoms with E-state index in [0.717, 1.165) is 6.54 Å². The minimum absolute atomic E-state index is 0.412. The second-order valence-electron chi connectivity index (χ2n) is 5.19. The number of aryl methyl sites for hydroxylation is 2. The van der Waals surface area contributed by atoms with E-state index in [4.69, 9.17) is 5.73 Å². The van der Waals surface area contributed by atoms with Gasteiger partial charge in [0.15, 0.2) is 0 Å². The molecule has 1 saturated heterocycles. The van der Waals surface area contributed by atoms with Crippen molar-refractivity contribution in [2.24, 2.45) is 5.73 Å². The monoisotopic (exact) mass is 232 g/mol. The van der Waals surface area contributed by atoms with Gasteiger partial charge in [-0.15, -0.1) is 0 Å². The molecule has 1 aliphatic rings. The van der Waals surface area contributed by atoms with Crippen molar-refractivity contribution >= 4 is 0 Å². The third kappa shape index (κ3) is 2.88. The zero-order valence-electron chi connectivity index (χ0n) is 11.1. The number of nitrogens with two attached hydrogens (primary N) is 1. The van der Waals surface area contributed by atoms with Gasteiger partial charge in [-0.2, -0.15) is 0 Å². The number of hydrogen-bond acceptors (Lipinski definition) is 2. The summed E-state index contributed by atoms with van der Waals surface area (Å²) >= 11 is 0. The van der Waals surface area contributed by atoms with Crippen LogP contribution in [-0.2, 0) is 0 Å². The summed E-state index contributed by atoms with van der Waals surface area (Å²) in [4.78, 5) is 2.55. The minimum atomic E-state index is 0.412. The van der Waals surface area contributed by atoms with Crippen molar-refractivity contribution in [1.29, 1.82) is 0 Å². The van der Waals surface area contributed by atoms with Crippen molar-refractivity contribution in [1.82, 2.24) is 4.90 Å². The van der Waals surface area contributed by atoms with Crippen LogP contribution in [0.25, 0.3) is 0 Å². The fraction of sp³-hybridized carbons (Fsp3) is 0.600. The Bertz CT molecular complexity index is 367. The molecule has 1 aromatic carbocycles. The molecule has 2 nitrogen and oxygen atoms in total. The van der Waals surface area contributed by atoms with Crippen molar-refractivity contribution in [2.75, 3.05) is 19.6 Å². The molecule has 1 heterocycles. The Morgan fingerprint density at radius 1 is 1.12 bits per heavy atom. The topological polar surface area (TPSA) is 29.3 Å². The fourth-order valence-electron chi connectivity index (χ4n) is 2.70. The minimum Gasteiger partial charge on any atom is -0.329 e. The first-order valence-electron chi connectivity index (χ1n) is 6.73. The van der Waals surface area contributed by atoms with Gasteiger partial charge in [0.1, 0.15) is 0 Å². The molecule has 94 valence electrons. The molecule has 17 heavy (non-hydrogen) atoms. The van der Waals surface area contributed by atoms with E-state index in [-0.39, 0.29) is 0 Å². The second kappa shape index (κ2) is 5.65. The molecule has 2 rings (SSSR count). The lowest BCUT2D eigenvalue weighted by Crippen LogP contribution is -2.37. The van der Waals surface area contributed by atoms with Gasteiger partial charge in [-0.3, -0.25) is 4.90 Å². The summed E-state index contributed by atoms with van der Waals surface area (Å²) in [7, 11) is 0. The normalized spacial score (nSPS) is 19.2. The van der Waals surface area contributed by atoms with E-state index in [2.05, 4.69) is 36.9 Å². The highest BCUT2D eigenvalue weighted by atomic mass is 15.2. The van der Waals surface area contributed by atoms with E-state index in [0.29, 0.717) is 6.04 Å². The van der Waals surface area contributed by atoms with E-state index >= 15 is 0 Å². The molecule has 0 aliphatic carbocycles. The van der Waals surface area contributed by atoms with Crippen molar-refractivity contribution < 1.29 is 0 Å². The first-order valence-corrected chi connectivity index (χ1v) is 6.73. The number of piperidine rings is 1. The first kappa shape index (κ1) is 12.6. The Balaban J connectivity index is 2.18. The standard InChI is InChI=1S/C15H24N2/c1-12-6-7-14(10-13(12)2)15(11-16)17-8-4-3-5-9-17/h6-7,10,15H,3-5,8-9,11,16H2,1-2H3/t15-/m1/s1. The first-order chi connectivity index (χ1) is 8.22. The van der Waals surface area contributed by atoms with Gasteiger partial charge in [0.05, 0.1) is 0 Å². The molecule has 0 bridgehead atoms. The molecule has 0 saturated carbocycles. The fourth-order valence-corrected chi connectivity index (χ4v) is 2.70. The zero-order valence-corrected chi connectivity index (χ0v) is 11.1. The van der Waals surface area contributed by atoms with Gasteiger partial charge in [-0.1, -0.05) is 24.6 Å². The maximum absolute atomic E-state index is 5.98. The van der Waals surface area contributed by atoms with Crippen LogP contribution in [0.15, 0.2) is 18.2 Å². The van der Waals surface area contributed by atoms with Crippen LogP contribution >= 0.6 is 0 Å². The van der Waals surface area contributed by atoms with Crippen LogP contribution in [-0.4, -0.2) is 24.5 Å². The van der Waals surface area contributed by atoms with Crippen molar-refractivity contribution in [3.8, 4) is 0 Å². The Morgan fingerprint density at radius 2 is 1.82 bits per heavy atom. The van der Waals surface area contributed by atoms with Gasteiger partial charge < -0.3 is 5.73 Å². The lowest BCUT2D eigenvalue weighted by atomic mass is 9.98. The van der Waals surface area contributed by atoms with Gasteiger partial charge in [0.2, 0.25) is 0 Å². The van der Waals surface area contributed by atoms with Gasteiger partial charge >= 0.3 is 0 Å². The third-order valence-corrected chi connectivity index (χ3v) is 3.97. The summed E-state index contributed by atoms with van der Waals surface area (Å²) in [6.45, 7) is 7.48. The highest BCUT2D eigenvalue weighted by Crippen LogP contribution is 2.25. The van der Waals surface area contributed by atoms with E-state index in [1.165, 1.54) is 49.0 Å². The van der Waals surface area contributed by atoms with Crippen LogP contribution in [0.3, 0.4) is 0 Å². The summed E-state index contributed by atoms with van der Waals surface area (Å²) in [5.74, 6) is 0. The molecule has 1 atom stereocenters. The summed E-state index contributed by atoms with van der Waals surface area (Å²) in [6.07, 6.45) is 4.02. The zero-order chi connectivity index (χ0) is 12.3. The highest BCUT2D eigenvalue weighted by molar-refractivity contribution is 5.32. The largest absolute Gasteiger partial charge is 0.329 e. The van der Waals surface area contributed by atoms with Crippen LogP contribution in [0.4, 0.5) is 0 Å². The Kier molecular flexibility index (Phi) is 4.19. The van der Waals surface area contributed by atoms with E-state index in [1.807, 2.05) is 0 Å². The van der Waals surface area contributed by atoms with E-state index in [9.17, 15) is 0 Å². The molecule has 0 radical (unpaired) electrons. The van der Waals surface area contributed by atoms with Gasteiger partial charge in [-0.25, -0.2) is 0 Å².